The molecule has 0 bridgehead atoms. The first-order valence-electron chi connectivity index (χ1n) is 9.15. The fourth-order valence-corrected chi connectivity index (χ4v) is 4.23. The highest BCUT2D eigenvalue weighted by molar-refractivity contribution is 7.19. The number of nitrogens with zero attached hydrogens (tertiary/aromatic N) is 4. The van der Waals surface area contributed by atoms with Crippen molar-refractivity contribution in [2.45, 2.75) is 0 Å². The molecule has 1 aliphatic rings. The van der Waals surface area contributed by atoms with E-state index in [9.17, 15) is 14.9 Å². The van der Waals surface area contributed by atoms with Crippen LogP contribution in [0.1, 0.15) is 15.2 Å². The highest BCUT2D eigenvalue weighted by Crippen LogP contribution is 2.42. The van der Waals surface area contributed by atoms with Crippen molar-refractivity contribution in [2.75, 3.05) is 50.6 Å². The van der Waals surface area contributed by atoms with Gasteiger partial charge in [-0.25, -0.2) is 4.79 Å². The van der Waals surface area contributed by atoms with E-state index >= 15 is 0 Å². The SMILES string of the molecule is CN(C)C=NC(=O)c1sc(N2CCOCC2)c(C#N)c1-c1ccc(NC(=O)O)cc1. The molecule has 2 aromatic rings. The van der Waals surface area contributed by atoms with E-state index < -0.39 is 12.0 Å². The first-order chi connectivity index (χ1) is 14.4. The van der Waals surface area contributed by atoms with Gasteiger partial charge >= 0.3 is 6.09 Å². The van der Waals surface area contributed by atoms with Crippen LogP contribution < -0.4 is 10.2 Å². The molecule has 3 rings (SSSR count). The number of ether oxygens (including phenoxy) is 1. The highest BCUT2D eigenvalue weighted by atomic mass is 32.1. The Balaban J connectivity index is 2.10. The topological polar surface area (TPSA) is 118 Å². The summed E-state index contributed by atoms with van der Waals surface area (Å²) in [6.07, 6.45) is 0.256. The molecule has 0 atom stereocenters. The van der Waals surface area contributed by atoms with Crippen molar-refractivity contribution >= 4 is 40.4 Å². The van der Waals surface area contributed by atoms with Crippen molar-refractivity contribution in [3.05, 3.63) is 34.7 Å². The van der Waals surface area contributed by atoms with Gasteiger partial charge in [0.1, 0.15) is 15.9 Å². The number of nitrogens with one attached hydrogen (secondary N) is 1. The van der Waals surface area contributed by atoms with E-state index in [1.807, 2.05) is 4.90 Å². The molecular weight excluding hydrogens is 406 g/mol. The molecule has 0 radical (unpaired) electrons. The normalized spacial score (nSPS) is 13.8. The van der Waals surface area contributed by atoms with Gasteiger partial charge in [-0.3, -0.25) is 10.1 Å². The Morgan fingerprint density at radius 3 is 2.53 bits per heavy atom. The Hall–Kier alpha value is -3.42. The van der Waals surface area contributed by atoms with E-state index in [0.717, 1.165) is 0 Å². The summed E-state index contributed by atoms with van der Waals surface area (Å²) in [6.45, 7) is 2.36. The molecule has 0 saturated carbocycles. The van der Waals surface area contributed by atoms with Gasteiger partial charge in [-0.1, -0.05) is 12.1 Å². The van der Waals surface area contributed by atoms with Gasteiger partial charge in [0.2, 0.25) is 0 Å². The van der Waals surface area contributed by atoms with Crippen LogP contribution in [0, 0.1) is 11.3 Å². The van der Waals surface area contributed by atoms with Crippen LogP contribution in [0.2, 0.25) is 0 Å². The maximum absolute atomic E-state index is 12.9. The van der Waals surface area contributed by atoms with Gasteiger partial charge in [-0.15, -0.1) is 11.3 Å². The second-order valence-corrected chi connectivity index (χ2v) is 7.72. The third-order valence-electron chi connectivity index (χ3n) is 4.32. The average Bonchev–Trinajstić information content (AvgIpc) is 3.12. The van der Waals surface area contributed by atoms with E-state index in [4.69, 9.17) is 9.84 Å². The quantitative estimate of drug-likeness (QED) is 0.556. The minimum absolute atomic E-state index is 0.366. The van der Waals surface area contributed by atoms with Crippen LogP contribution >= 0.6 is 11.3 Å². The molecule has 1 fully saturated rings. The lowest BCUT2D eigenvalue weighted by Crippen LogP contribution is -2.36. The fourth-order valence-electron chi connectivity index (χ4n) is 3.01. The van der Waals surface area contributed by atoms with Crippen molar-refractivity contribution in [3.8, 4) is 17.2 Å². The molecule has 1 saturated heterocycles. The molecule has 1 aromatic carbocycles. The number of nitriles is 1. The molecule has 0 spiro atoms. The second kappa shape index (κ2) is 9.39. The summed E-state index contributed by atoms with van der Waals surface area (Å²) in [4.78, 5) is 31.8. The highest BCUT2D eigenvalue weighted by Gasteiger charge is 2.27. The number of hydrogen-bond donors (Lipinski definition) is 2. The molecule has 9 nitrogen and oxygen atoms in total. The number of thiophene rings is 1. The monoisotopic (exact) mass is 427 g/mol. The standard InChI is InChI=1S/C20H21N5O4S/c1-24(2)12-22-18(26)17-16(13-3-5-14(6-4-13)23-20(27)28)15(11-21)19(30-17)25-7-9-29-10-8-25/h3-6,12,23H,7-10H2,1-2H3,(H,27,28). The Labute approximate surface area is 177 Å². The summed E-state index contributed by atoms with van der Waals surface area (Å²) >= 11 is 1.24. The molecule has 10 heteroatoms. The van der Waals surface area contributed by atoms with E-state index in [1.54, 1.807) is 43.3 Å². The number of anilines is 2. The van der Waals surface area contributed by atoms with Gasteiger partial charge in [0.05, 0.1) is 25.1 Å². The third kappa shape index (κ3) is 4.76. The summed E-state index contributed by atoms with van der Waals surface area (Å²) in [7, 11) is 3.53. The lowest BCUT2D eigenvalue weighted by atomic mass is 10.0. The van der Waals surface area contributed by atoms with E-state index in [2.05, 4.69) is 16.4 Å². The predicted octanol–water partition coefficient (Wildman–Crippen LogP) is 2.94. The molecule has 1 aromatic heterocycles. The van der Waals surface area contributed by atoms with Crippen molar-refractivity contribution < 1.29 is 19.4 Å². The van der Waals surface area contributed by atoms with Gasteiger partial charge in [-0.2, -0.15) is 10.3 Å². The number of carbonyl (C=O) groups is 2. The number of rotatable bonds is 5. The molecule has 0 unspecified atom stereocenters. The Morgan fingerprint density at radius 1 is 1.30 bits per heavy atom. The molecular formula is C20H21N5O4S. The van der Waals surface area contributed by atoms with Crippen molar-refractivity contribution in [2.24, 2.45) is 4.99 Å². The lowest BCUT2D eigenvalue weighted by molar-refractivity contribution is 0.101. The number of hydrogen-bond acceptors (Lipinski definition) is 6. The van der Waals surface area contributed by atoms with Crippen LogP contribution in [-0.4, -0.2) is 68.7 Å². The zero-order valence-corrected chi connectivity index (χ0v) is 17.4. The zero-order chi connectivity index (χ0) is 21.7. The van der Waals surface area contributed by atoms with E-state index in [0.29, 0.717) is 58.6 Å². The van der Waals surface area contributed by atoms with Crippen LogP contribution in [0.25, 0.3) is 11.1 Å². The van der Waals surface area contributed by atoms with Crippen molar-refractivity contribution in [1.82, 2.24) is 4.90 Å². The first kappa shape index (κ1) is 21.3. The van der Waals surface area contributed by atoms with Gasteiger partial charge in [-0.05, 0) is 17.7 Å². The van der Waals surface area contributed by atoms with Crippen molar-refractivity contribution in [1.29, 1.82) is 5.26 Å². The minimum Gasteiger partial charge on any atom is -0.465 e. The smallest absolute Gasteiger partial charge is 0.409 e. The second-order valence-electron chi connectivity index (χ2n) is 6.72. The summed E-state index contributed by atoms with van der Waals surface area (Å²) in [5, 5.41) is 21.8. The Bertz CT molecular complexity index is 1000. The summed E-state index contributed by atoms with van der Waals surface area (Å²) in [5.74, 6) is -0.438. The molecule has 2 amide bonds. The maximum atomic E-state index is 12.9. The largest absolute Gasteiger partial charge is 0.465 e. The van der Waals surface area contributed by atoms with Crippen LogP contribution in [0.4, 0.5) is 15.5 Å². The number of aliphatic imine (C=N–C) groups is 1. The minimum atomic E-state index is -1.17. The average molecular weight is 427 g/mol. The van der Waals surface area contributed by atoms with Crippen LogP contribution in [-0.2, 0) is 4.74 Å². The first-order valence-corrected chi connectivity index (χ1v) is 9.97. The predicted molar refractivity (Wildman–Crippen MR) is 116 cm³/mol. The summed E-state index contributed by atoms with van der Waals surface area (Å²) in [6, 6.07) is 8.80. The van der Waals surface area contributed by atoms with Gasteiger partial charge in [0, 0.05) is 38.4 Å². The Kier molecular flexibility index (Phi) is 6.66. The Morgan fingerprint density at radius 2 is 1.97 bits per heavy atom. The lowest BCUT2D eigenvalue weighted by Gasteiger charge is -2.27. The summed E-state index contributed by atoms with van der Waals surface area (Å²) < 4.78 is 5.40. The number of morpholine rings is 1. The number of benzene rings is 1. The van der Waals surface area contributed by atoms with Gasteiger partial charge in [0.25, 0.3) is 5.91 Å². The molecule has 2 N–H and O–H groups in total. The van der Waals surface area contributed by atoms with Crippen molar-refractivity contribution in [3.63, 3.8) is 0 Å². The molecule has 156 valence electrons. The molecule has 1 aliphatic heterocycles. The number of carbonyl (C=O) groups excluding carboxylic acids is 1. The number of carboxylic acid groups (broad SMARTS) is 1. The van der Waals surface area contributed by atoms with Crippen LogP contribution in [0.15, 0.2) is 29.3 Å². The fraction of sp³-hybridized carbons (Fsp3) is 0.300. The van der Waals surface area contributed by atoms with Gasteiger partial charge in [0.15, 0.2) is 0 Å². The van der Waals surface area contributed by atoms with Crippen LogP contribution in [0.3, 0.4) is 0 Å². The third-order valence-corrected chi connectivity index (χ3v) is 5.56. The summed E-state index contributed by atoms with van der Waals surface area (Å²) in [5.41, 5.74) is 1.95. The maximum Gasteiger partial charge on any atom is 0.409 e. The molecule has 2 heterocycles. The zero-order valence-electron chi connectivity index (χ0n) is 16.6. The van der Waals surface area contributed by atoms with E-state index in [-0.39, 0.29) is 0 Å². The van der Waals surface area contributed by atoms with Crippen LogP contribution in [0.5, 0.6) is 0 Å². The van der Waals surface area contributed by atoms with E-state index in [1.165, 1.54) is 17.7 Å². The number of amides is 2. The molecule has 30 heavy (non-hydrogen) atoms. The van der Waals surface area contributed by atoms with Gasteiger partial charge < -0.3 is 19.6 Å². The molecule has 0 aliphatic carbocycles.